The van der Waals surface area contributed by atoms with Crippen molar-refractivity contribution in [1.82, 2.24) is 0 Å². The van der Waals surface area contributed by atoms with Gasteiger partial charge in [-0.15, -0.1) is 0 Å². The van der Waals surface area contributed by atoms with Gasteiger partial charge in [0.25, 0.3) is 0 Å². The zero-order valence-corrected chi connectivity index (χ0v) is 67.1. The molecule has 3 N–H and O–H groups in total. The fourth-order valence-corrected chi connectivity index (χ4v) is 13.2. The molecular weight excluding hydrogens is 1330 g/mol. The van der Waals surface area contributed by atoms with Gasteiger partial charge in [-0.2, -0.15) is 0 Å². The minimum Gasteiger partial charge on any atom is -0.462 e. The zero-order chi connectivity index (χ0) is 74.6. The number of carbonyl (C=O) groups is 4. The highest BCUT2D eigenvalue weighted by atomic mass is 31.2. The molecule has 0 bridgehead atoms. The van der Waals surface area contributed by atoms with E-state index in [0.29, 0.717) is 32.1 Å². The van der Waals surface area contributed by atoms with Gasteiger partial charge in [-0.25, -0.2) is 9.13 Å². The summed E-state index contributed by atoms with van der Waals surface area (Å²) in [5, 5.41) is 10.6. The van der Waals surface area contributed by atoms with Gasteiger partial charge in [-0.3, -0.25) is 37.3 Å². The molecule has 596 valence electrons. The highest BCUT2D eigenvalue weighted by Crippen LogP contribution is 2.45. The average molecular weight is 1480 g/mol. The number of aliphatic hydroxyl groups is 1. The summed E-state index contributed by atoms with van der Waals surface area (Å²) in [4.78, 5) is 73.1. The molecular formula is C83H152O17P2. The summed E-state index contributed by atoms with van der Waals surface area (Å²) in [5.41, 5.74) is 0. The number of hydrogen-bond acceptors (Lipinski definition) is 15. The van der Waals surface area contributed by atoms with Crippen LogP contribution in [0.2, 0.25) is 0 Å². The van der Waals surface area contributed by atoms with E-state index in [0.717, 1.165) is 109 Å². The predicted octanol–water partition coefficient (Wildman–Crippen LogP) is 24.2. The number of esters is 4. The van der Waals surface area contributed by atoms with Crippen molar-refractivity contribution in [2.45, 2.75) is 406 Å². The number of ether oxygens (including phenoxy) is 4. The lowest BCUT2D eigenvalue weighted by molar-refractivity contribution is -0.161. The molecule has 0 amide bonds. The third-order valence-corrected chi connectivity index (χ3v) is 19.9. The second kappa shape index (κ2) is 76.0. The first-order valence-corrected chi connectivity index (χ1v) is 44.5. The number of phosphoric ester groups is 2. The highest BCUT2D eigenvalue weighted by molar-refractivity contribution is 7.47. The first-order valence-electron chi connectivity index (χ1n) is 41.5. The number of carbonyl (C=O) groups excluding carboxylic acids is 4. The van der Waals surface area contributed by atoms with Crippen molar-refractivity contribution in [2.75, 3.05) is 39.6 Å². The highest BCUT2D eigenvalue weighted by Gasteiger charge is 2.30. The predicted molar refractivity (Wildman–Crippen MR) is 418 cm³/mol. The molecule has 0 aliphatic heterocycles. The quantitative estimate of drug-likeness (QED) is 0.0169. The Labute approximate surface area is 622 Å². The molecule has 17 nitrogen and oxygen atoms in total. The van der Waals surface area contributed by atoms with Crippen molar-refractivity contribution in [1.29, 1.82) is 0 Å². The zero-order valence-electron chi connectivity index (χ0n) is 65.3. The van der Waals surface area contributed by atoms with Crippen LogP contribution in [-0.4, -0.2) is 96.7 Å². The van der Waals surface area contributed by atoms with Crippen LogP contribution in [0.15, 0.2) is 60.8 Å². The summed E-state index contributed by atoms with van der Waals surface area (Å²) in [7, 11) is -9.96. The third-order valence-electron chi connectivity index (χ3n) is 18.0. The van der Waals surface area contributed by atoms with Crippen LogP contribution >= 0.6 is 15.6 Å². The van der Waals surface area contributed by atoms with Crippen LogP contribution in [0, 0.1) is 0 Å². The number of aliphatic hydroxyl groups excluding tert-OH is 1. The summed E-state index contributed by atoms with van der Waals surface area (Å²) in [6, 6.07) is 0. The van der Waals surface area contributed by atoms with Gasteiger partial charge in [0.15, 0.2) is 12.2 Å². The number of phosphoric acid groups is 2. The molecule has 2 unspecified atom stereocenters. The van der Waals surface area contributed by atoms with E-state index in [1.807, 2.05) is 12.2 Å². The van der Waals surface area contributed by atoms with Crippen LogP contribution < -0.4 is 0 Å². The Bertz CT molecular complexity index is 2170. The molecule has 5 atom stereocenters. The molecule has 0 aromatic heterocycles. The minimum absolute atomic E-state index is 0.0216. The van der Waals surface area contributed by atoms with E-state index in [2.05, 4.69) is 76.3 Å². The number of rotatable bonds is 79. The van der Waals surface area contributed by atoms with E-state index >= 15 is 0 Å². The molecule has 0 aromatic rings. The molecule has 0 fully saturated rings. The van der Waals surface area contributed by atoms with Crippen LogP contribution in [0.3, 0.4) is 0 Å². The van der Waals surface area contributed by atoms with Gasteiger partial charge in [0.2, 0.25) is 0 Å². The Morgan fingerprint density at radius 1 is 0.275 bits per heavy atom. The maximum absolute atomic E-state index is 13.1. The fraction of sp³-hybridized carbons (Fsp3) is 0.831. The van der Waals surface area contributed by atoms with Crippen molar-refractivity contribution in [3.8, 4) is 0 Å². The Kier molecular flexibility index (Phi) is 73.6. The van der Waals surface area contributed by atoms with Crippen molar-refractivity contribution in [3.05, 3.63) is 60.8 Å². The first kappa shape index (κ1) is 98.8. The van der Waals surface area contributed by atoms with E-state index in [9.17, 15) is 43.2 Å². The molecule has 102 heavy (non-hydrogen) atoms. The Hall–Kier alpha value is -3.24. The maximum Gasteiger partial charge on any atom is 0.472 e. The summed E-state index contributed by atoms with van der Waals surface area (Å²) >= 11 is 0. The third kappa shape index (κ3) is 75.0. The lowest BCUT2D eigenvalue weighted by Gasteiger charge is -2.21. The summed E-state index contributed by atoms with van der Waals surface area (Å²) in [6.45, 7) is 4.87. The van der Waals surface area contributed by atoms with E-state index < -0.39 is 97.5 Å². The Morgan fingerprint density at radius 2 is 0.490 bits per heavy atom. The maximum atomic E-state index is 13.1. The van der Waals surface area contributed by atoms with Gasteiger partial charge >= 0.3 is 39.5 Å². The topological polar surface area (TPSA) is 237 Å². The monoisotopic (exact) mass is 1480 g/mol. The van der Waals surface area contributed by atoms with Crippen molar-refractivity contribution in [3.63, 3.8) is 0 Å². The smallest absolute Gasteiger partial charge is 0.462 e. The van der Waals surface area contributed by atoms with Crippen molar-refractivity contribution < 1.29 is 80.2 Å². The molecule has 0 rings (SSSR count). The second-order valence-corrected chi connectivity index (χ2v) is 31.0. The molecule has 19 heteroatoms. The summed E-state index contributed by atoms with van der Waals surface area (Å²) < 4.78 is 68.7. The number of unbranched alkanes of at least 4 members (excludes halogenated alkanes) is 43. The van der Waals surface area contributed by atoms with Gasteiger partial charge in [0.1, 0.15) is 19.3 Å². The molecule has 0 heterocycles. The van der Waals surface area contributed by atoms with E-state index in [-0.39, 0.29) is 25.7 Å². The normalized spacial score (nSPS) is 14.1. The van der Waals surface area contributed by atoms with Gasteiger partial charge in [-0.1, -0.05) is 332 Å². The molecule has 0 saturated heterocycles. The van der Waals surface area contributed by atoms with Gasteiger partial charge in [0, 0.05) is 25.7 Å². The van der Waals surface area contributed by atoms with Crippen molar-refractivity contribution in [2.24, 2.45) is 0 Å². The van der Waals surface area contributed by atoms with Crippen LogP contribution in [0.1, 0.15) is 387 Å². The van der Waals surface area contributed by atoms with Crippen LogP contribution in [0.4, 0.5) is 0 Å². The largest absolute Gasteiger partial charge is 0.472 e. The SMILES string of the molecule is CCCCC/C=C\C/C=C\C/C=C\C/C=C\CCCC(=O)O[C@H](COC(=O)CCCCCCC/C=C\CCCCCCCC)COP(=O)(O)OC[C@H](O)COP(=O)(O)OC[C@@H](COC(=O)CCCCCCCCCCCCCCCCC)OC(=O)CCCCCCCCCCCCCCCCC. The average Bonchev–Trinajstić information content (AvgIpc) is 0.917. The molecule has 0 saturated carbocycles. The van der Waals surface area contributed by atoms with Crippen LogP contribution in [0.5, 0.6) is 0 Å². The van der Waals surface area contributed by atoms with Gasteiger partial charge in [-0.05, 0) is 89.9 Å². The molecule has 0 radical (unpaired) electrons. The minimum atomic E-state index is -4.99. The number of hydrogen-bond donors (Lipinski definition) is 3. The van der Waals surface area contributed by atoms with E-state index in [4.69, 9.17) is 37.0 Å². The summed E-state index contributed by atoms with van der Waals surface area (Å²) in [6.07, 6.45) is 76.2. The Morgan fingerprint density at radius 3 is 0.804 bits per heavy atom. The summed E-state index contributed by atoms with van der Waals surface area (Å²) in [5.74, 6) is -2.21. The lowest BCUT2D eigenvalue weighted by Crippen LogP contribution is -2.30. The number of allylic oxidation sites excluding steroid dienone is 10. The first-order chi connectivity index (χ1) is 49.7. The van der Waals surface area contributed by atoms with Crippen LogP contribution in [-0.2, 0) is 65.4 Å². The lowest BCUT2D eigenvalue weighted by atomic mass is 10.0. The second-order valence-electron chi connectivity index (χ2n) is 28.1. The molecule has 0 aromatic carbocycles. The Balaban J connectivity index is 5.37. The van der Waals surface area contributed by atoms with Gasteiger partial charge < -0.3 is 33.8 Å². The standard InChI is InChI=1S/C83H152O17P2/c1-5-9-13-17-21-25-29-33-37-38-42-46-50-54-58-62-66-70-83(88)100-79(74-94-81(86)68-64-60-56-52-48-44-40-35-31-27-23-19-15-11-7-3)76-98-102(91,92)96-72-77(84)71-95-101(89,90)97-75-78(99-82(87)69-65-61-57-53-49-45-41-36-32-28-24-20-16-12-8-4)73-93-80(85)67-63-59-55-51-47-43-39-34-30-26-22-18-14-10-6-2/h21,25,33,35,37,40,42,46,54,58,77-79,84H,5-20,22-24,26-32,34,36,38-39,41,43-45,47-53,55-57,59-76H2,1-4H3,(H,89,90)(H,91,92)/b25-21-,37-33-,40-35-,46-42-,58-54-/t77-,78-,79-/m1/s1. The fourth-order valence-electron chi connectivity index (χ4n) is 11.6. The van der Waals surface area contributed by atoms with Crippen LogP contribution in [0.25, 0.3) is 0 Å². The van der Waals surface area contributed by atoms with E-state index in [1.165, 1.54) is 193 Å². The molecule has 0 aliphatic carbocycles. The molecule has 0 spiro atoms. The van der Waals surface area contributed by atoms with Gasteiger partial charge in [0.05, 0.1) is 26.4 Å². The molecule has 0 aliphatic rings. The van der Waals surface area contributed by atoms with E-state index in [1.54, 1.807) is 0 Å². The van der Waals surface area contributed by atoms with Crippen molar-refractivity contribution >= 4 is 39.5 Å².